The molecule has 0 saturated heterocycles. The van der Waals surface area contributed by atoms with E-state index in [1.165, 1.54) is 4.68 Å². The molecule has 4 aromatic rings. The second-order valence-electron chi connectivity index (χ2n) is 8.89. The van der Waals surface area contributed by atoms with Gasteiger partial charge in [0.15, 0.2) is 5.82 Å². The molecule has 35 heavy (non-hydrogen) atoms. The number of aromatic amines is 1. The number of hydrogen-bond acceptors (Lipinski definition) is 8. The van der Waals surface area contributed by atoms with Gasteiger partial charge in [-0.25, -0.2) is 4.68 Å². The third kappa shape index (κ3) is 5.83. The smallest absolute Gasteiger partial charge is 0.327 e. The largest absolute Gasteiger partial charge is 0.465 e. The minimum Gasteiger partial charge on any atom is -0.465 e. The predicted octanol–water partition coefficient (Wildman–Crippen LogP) is 3.85. The number of aryl methyl sites for hydroxylation is 1. The number of benzene rings is 1. The van der Waals surface area contributed by atoms with Crippen LogP contribution in [0.5, 0.6) is 0 Å². The number of carbonyl (C=O) groups is 1. The maximum atomic E-state index is 13.1. The van der Waals surface area contributed by atoms with E-state index in [4.69, 9.17) is 4.74 Å². The van der Waals surface area contributed by atoms with E-state index in [-0.39, 0.29) is 24.1 Å². The number of rotatable bonds is 10. The lowest BCUT2D eigenvalue weighted by Crippen LogP contribution is -2.35. The van der Waals surface area contributed by atoms with Crippen molar-refractivity contribution < 1.29 is 9.53 Å². The van der Waals surface area contributed by atoms with E-state index >= 15 is 0 Å². The molecule has 0 bridgehead atoms. The molecule has 1 N–H and O–H groups in total. The van der Waals surface area contributed by atoms with E-state index in [2.05, 4.69) is 45.3 Å². The van der Waals surface area contributed by atoms with Crippen molar-refractivity contribution in [1.29, 1.82) is 0 Å². The highest BCUT2D eigenvalue weighted by atomic mass is 32.1. The summed E-state index contributed by atoms with van der Waals surface area (Å²) >= 11 is 1.66. The fourth-order valence-corrected chi connectivity index (χ4v) is 5.03. The lowest BCUT2D eigenvalue weighted by atomic mass is 10.00. The number of aromatic nitrogens is 5. The second-order valence-corrected chi connectivity index (χ2v) is 9.92. The van der Waals surface area contributed by atoms with Gasteiger partial charge in [-0.05, 0) is 64.7 Å². The van der Waals surface area contributed by atoms with E-state index in [0.717, 1.165) is 21.3 Å². The predicted molar refractivity (Wildman–Crippen MR) is 135 cm³/mol. The van der Waals surface area contributed by atoms with Crippen molar-refractivity contribution in [3.63, 3.8) is 0 Å². The number of ether oxygens (including phenoxy) is 1. The summed E-state index contributed by atoms with van der Waals surface area (Å²) in [6.45, 7) is 9.17. The number of pyridine rings is 1. The quantitative estimate of drug-likeness (QED) is 0.334. The van der Waals surface area contributed by atoms with Crippen LogP contribution in [0.4, 0.5) is 0 Å². The Balaban J connectivity index is 1.73. The topological polar surface area (TPSA) is 106 Å². The van der Waals surface area contributed by atoms with Crippen molar-refractivity contribution in [2.75, 3.05) is 6.61 Å². The van der Waals surface area contributed by atoms with E-state index in [1.54, 1.807) is 18.3 Å². The normalized spacial score (nSPS) is 12.5. The molecule has 0 aliphatic heterocycles. The summed E-state index contributed by atoms with van der Waals surface area (Å²) in [6, 6.07) is 11.8. The summed E-state index contributed by atoms with van der Waals surface area (Å²) in [7, 11) is 0. The Bertz CT molecular complexity index is 1350. The molecule has 0 spiro atoms. The number of nitrogens with zero attached hydrogens (tertiary/aromatic N) is 5. The average molecular weight is 495 g/mol. The van der Waals surface area contributed by atoms with Gasteiger partial charge in [-0.2, -0.15) is 0 Å². The van der Waals surface area contributed by atoms with Gasteiger partial charge in [0, 0.05) is 29.0 Å². The summed E-state index contributed by atoms with van der Waals surface area (Å²) in [5.74, 6) is 0.274. The highest BCUT2D eigenvalue weighted by Gasteiger charge is 2.31. The van der Waals surface area contributed by atoms with Crippen LogP contribution in [0, 0.1) is 12.8 Å². The third-order valence-corrected chi connectivity index (χ3v) is 6.69. The Morgan fingerprint density at radius 1 is 1.23 bits per heavy atom. The molecule has 10 heteroatoms. The number of H-pyrrole nitrogens is 1. The van der Waals surface area contributed by atoms with Crippen LogP contribution in [0.2, 0.25) is 0 Å². The summed E-state index contributed by atoms with van der Waals surface area (Å²) in [6.07, 6.45) is 0. The molecule has 3 aromatic heterocycles. The standard InChI is InChI=1S/C25H30N6O3S/c1-5-34-22(32)15-31-24(27-28-29-31)23(16(2)3)30(14-20-7-6-10-35-20)13-19-12-18-9-8-17(4)11-21(18)26-25(19)33/h6-12,16,23H,5,13-15H2,1-4H3,(H,26,33)/t23-/m1/s1. The number of tetrazole rings is 1. The van der Waals surface area contributed by atoms with Gasteiger partial charge in [-0.15, -0.1) is 16.4 Å². The van der Waals surface area contributed by atoms with Gasteiger partial charge >= 0.3 is 5.97 Å². The summed E-state index contributed by atoms with van der Waals surface area (Å²) in [4.78, 5) is 31.6. The van der Waals surface area contributed by atoms with Crippen LogP contribution in [0.15, 0.2) is 46.6 Å². The number of fused-ring (bicyclic) bond motifs is 1. The zero-order valence-electron chi connectivity index (χ0n) is 20.4. The van der Waals surface area contributed by atoms with Crippen LogP contribution >= 0.6 is 11.3 Å². The highest BCUT2D eigenvalue weighted by Crippen LogP contribution is 2.31. The first-order valence-corrected chi connectivity index (χ1v) is 12.5. The first-order chi connectivity index (χ1) is 16.9. The zero-order chi connectivity index (χ0) is 24.9. The molecule has 0 amide bonds. The van der Waals surface area contributed by atoms with Crippen LogP contribution in [0.3, 0.4) is 0 Å². The molecule has 0 aliphatic rings. The molecule has 0 fully saturated rings. The SMILES string of the molecule is CCOC(=O)Cn1nnnc1[C@@H](C(C)C)N(Cc1cccs1)Cc1cc2ccc(C)cc2[nH]c1=O. The third-order valence-electron chi connectivity index (χ3n) is 5.82. The molecule has 0 saturated carbocycles. The molecule has 0 radical (unpaired) electrons. The molecule has 1 aromatic carbocycles. The molecule has 9 nitrogen and oxygen atoms in total. The summed E-state index contributed by atoms with van der Waals surface area (Å²) in [5, 5.41) is 15.2. The molecule has 3 heterocycles. The Hall–Kier alpha value is -3.37. The van der Waals surface area contributed by atoms with Crippen molar-refractivity contribution >= 4 is 28.2 Å². The van der Waals surface area contributed by atoms with Crippen LogP contribution in [-0.4, -0.2) is 42.7 Å². The van der Waals surface area contributed by atoms with Gasteiger partial charge in [-0.3, -0.25) is 14.5 Å². The van der Waals surface area contributed by atoms with Gasteiger partial charge in [0.1, 0.15) is 6.54 Å². The first-order valence-electron chi connectivity index (χ1n) is 11.7. The minimum atomic E-state index is -0.394. The van der Waals surface area contributed by atoms with Crippen LogP contribution in [0.1, 0.15) is 48.6 Å². The molecule has 4 rings (SSSR count). The maximum Gasteiger partial charge on any atom is 0.327 e. The molecule has 184 valence electrons. The summed E-state index contributed by atoms with van der Waals surface area (Å²) in [5.41, 5.74) is 2.46. The monoisotopic (exact) mass is 494 g/mol. The average Bonchev–Trinajstić information content (AvgIpc) is 3.47. The van der Waals surface area contributed by atoms with Crippen molar-refractivity contribution in [1.82, 2.24) is 30.1 Å². The van der Waals surface area contributed by atoms with Gasteiger partial charge in [0.2, 0.25) is 0 Å². The van der Waals surface area contributed by atoms with Gasteiger partial charge in [-0.1, -0.05) is 32.0 Å². The van der Waals surface area contributed by atoms with Crippen molar-refractivity contribution in [3.05, 3.63) is 74.0 Å². The van der Waals surface area contributed by atoms with E-state index in [0.29, 0.717) is 31.1 Å². The minimum absolute atomic E-state index is 0.0673. The Morgan fingerprint density at radius 3 is 2.77 bits per heavy atom. The van der Waals surface area contributed by atoms with E-state index in [9.17, 15) is 9.59 Å². The molecule has 0 unspecified atom stereocenters. The maximum absolute atomic E-state index is 13.1. The lowest BCUT2D eigenvalue weighted by Gasteiger charge is -2.33. The number of hydrogen-bond donors (Lipinski definition) is 1. The zero-order valence-corrected chi connectivity index (χ0v) is 21.2. The van der Waals surface area contributed by atoms with Gasteiger partial charge in [0.05, 0.1) is 12.6 Å². The van der Waals surface area contributed by atoms with Crippen LogP contribution in [-0.2, 0) is 29.2 Å². The first kappa shape index (κ1) is 24.7. The van der Waals surface area contributed by atoms with E-state index in [1.807, 2.05) is 42.6 Å². The number of carbonyl (C=O) groups excluding carboxylic acids is 1. The Labute approximate surface area is 207 Å². The number of nitrogens with one attached hydrogen (secondary N) is 1. The molecular formula is C25H30N6O3S. The van der Waals surface area contributed by atoms with Gasteiger partial charge < -0.3 is 9.72 Å². The molecular weight excluding hydrogens is 464 g/mol. The van der Waals surface area contributed by atoms with Crippen LogP contribution < -0.4 is 5.56 Å². The number of thiophene rings is 1. The number of esters is 1. The van der Waals surface area contributed by atoms with Crippen molar-refractivity contribution in [2.24, 2.45) is 5.92 Å². The van der Waals surface area contributed by atoms with E-state index < -0.39 is 5.97 Å². The Morgan fingerprint density at radius 2 is 2.06 bits per heavy atom. The molecule has 0 aliphatic carbocycles. The lowest BCUT2D eigenvalue weighted by molar-refractivity contribution is -0.144. The van der Waals surface area contributed by atoms with Crippen molar-refractivity contribution in [2.45, 2.75) is 53.4 Å². The second kappa shape index (κ2) is 10.9. The summed E-state index contributed by atoms with van der Waals surface area (Å²) < 4.78 is 6.60. The Kier molecular flexibility index (Phi) is 7.72. The van der Waals surface area contributed by atoms with Gasteiger partial charge in [0.25, 0.3) is 5.56 Å². The van der Waals surface area contributed by atoms with Crippen molar-refractivity contribution in [3.8, 4) is 0 Å². The fourth-order valence-electron chi connectivity index (χ4n) is 4.30. The fraction of sp³-hybridized carbons (Fsp3) is 0.400. The molecule has 1 atom stereocenters. The highest BCUT2D eigenvalue weighted by molar-refractivity contribution is 7.09. The van der Waals surface area contributed by atoms with Crippen LogP contribution in [0.25, 0.3) is 10.9 Å².